The maximum atomic E-state index is 12.4. The summed E-state index contributed by atoms with van der Waals surface area (Å²) in [5, 5.41) is 13.6. The van der Waals surface area contributed by atoms with Gasteiger partial charge in [0.1, 0.15) is 6.04 Å². The average Bonchev–Trinajstić information content (AvgIpc) is 3.82. The van der Waals surface area contributed by atoms with E-state index in [4.69, 9.17) is 14.7 Å². The molecule has 192 valence electrons. The predicted molar refractivity (Wildman–Crippen MR) is 138 cm³/mol. The van der Waals surface area contributed by atoms with E-state index in [0.717, 1.165) is 81.4 Å². The molecular formula is C29H38N4O3. The normalized spacial score (nSPS) is 22.7. The maximum absolute atomic E-state index is 12.4. The van der Waals surface area contributed by atoms with Crippen LogP contribution in [0.25, 0.3) is 0 Å². The lowest BCUT2D eigenvalue weighted by Gasteiger charge is -2.26. The molecule has 0 amide bonds. The van der Waals surface area contributed by atoms with Crippen LogP contribution >= 0.6 is 0 Å². The van der Waals surface area contributed by atoms with E-state index in [1.165, 1.54) is 29.9 Å². The molecule has 36 heavy (non-hydrogen) atoms. The quantitative estimate of drug-likeness (QED) is 0.436. The molecule has 0 bridgehead atoms. The Kier molecular flexibility index (Phi) is 6.94. The monoisotopic (exact) mass is 490 g/mol. The SMILES string of the molecule is O=C(O)C(c1ccc(C2CC2)nc1C1CC1)N1CC[C@@H](OCCCCc2ccc3c(n2)CCCN3)C1. The number of fused-ring (bicyclic) bond motifs is 1. The molecule has 1 unspecified atom stereocenters. The van der Waals surface area contributed by atoms with Crippen LogP contribution in [0, 0.1) is 0 Å². The molecular weight excluding hydrogens is 452 g/mol. The van der Waals surface area contributed by atoms with Gasteiger partial charge in [0.05, 0.1) is 17.5 Å². The third-order valence-electron chi connectivity index (χ3n) is 8.13. The molecule has 0 aromatic carbocycles. The van der Waals surface area contributed by atoms with Gasteiger partial charge in [0.15, 0.2) is 0 Å². The number of carbonyl (C=O) groups is 1. The van der Waals surface area contributed by atoms with Gasteiger partial charge in [-0.15, -0.1) is 0 Å². The van der Waals surface area contributed by atoms with Crippen LogP contribution in [0.15, 0.2) is 24.3 Å². The maximum Gasteiger partial charge on any atom is 0.325 e. The van der Waals surface area contributed by atoms with Crippen molar-refractivity contribution >= 4 is 11.7 Å². The van der Waals surface area contributed by atoms with E-state index in [9.17, 15) is 9.90 Å². The number of carboxylic acids is 1. The molecule has 4 heterocycles. The molecule has 3 fully saturated rings. The van der Waals surface area contributed by atoms with Gasteiger partial charge in [-0.1, -0.05) is 6.07 Å². The molecule has 7 heteroatoms. The number of aliphatic carboxylic acids is 1. The summed E-state index contributed by atoms with van der Waals surface area (Å²) in [7, 11) is 0. The van der Waals surface area contributed by atoms with Crippen molar-refractivity contribution in [1.82, 2.24) is 14.9 Å². The average molecular weight is 491 g/mol. The number of likely N-dealkylation sites (tertiary alicyclic amines) is 1. The number of unbranched alkanes of at least 4 members (excludes halogenated alkanes) is 1. The number of nitrogens with one attached hydrogen (secondary N) is 1. The van der Waals surface area contributed by atoms with Crippen molar-refractivity contribution in [3.05, 3.63) is 52.6 Å². The van der Waals surface area contributed by atoms with Crippen molar-refractivity contribution in [2.75, 3.05) is 31.6 Å². The van der Waals surface area contributed by atoms with Crippen molar-refractivity contribution in [3.63, 3.8) is 0 Å². The van der Waals surface area contributed by atoms with Crippen molar-refractivity contribution in [1.29, 1.82) is 0 Å². The molecule has 4 aliphatic rings. The van der Waals surface area contributed by atoms with E-state index in [0.29, 0.717) is 25.0 Å². The molecule has 2 aromatic heterocycles. The lowest BCUT2D eigenvalue weighted by Crippen LogP contribution is -2.34. The first kappa shape index (κ1) is 23.9. The van der Waals surface area contributed by atoms with Gasteiger partial charge in [0.2, 0.25) is 0 Å². The number of hydrogen-bond donors (Lipinski definition) is 2. The van der Waals surface area contributed by atoms with E-state index < -0.39 is 12.0 Å². The Morgan fingerprint density at radius 1 is 1.08 bits per heavy atom. The lowest BCUT2D eigenvalue weighted by atomic mass is 9.99. The number of ether oxygens (including phenoxy) is 1. The minimum atomic E-state index is -0.772. The molecule has 2 saturated carbocycles. The fourth-order valence-electron chi connectivity index (χ4n) is 5.81. The van der Waals surface area contributed by atoms with Crippen molar-refractivity contribution in [3.8, 4) is 0 Å². The van der Waals surface area contributed by atoms with Crippen LogP contribution in [0.3, 0.4) is 0 Å². The minimum absolute atomic E-state index is 0.0999. The molecule has 0 spiro atoms. The Hall–Kier alpha value is -2.51. The van der Waals surface area contributed by atoms with Gasteiger partial charge in [-0.2, -0.15) is 0 Å². The van der Waals surface area contributed by atoms with Crippen LogP contribution in [-0.4, -0.2) is 58.3 Å². The fourth-order valence-corrected chi connectivity index (χ4v) is 5.81. The standard InChI is InChI=1S/C29H38N4O3/c34-29(35)28(23-11-13-24(19-6-7-19)32-27(23)20-8-9-20)33-16-14-22(18-33)36-17-2-1-4-21-10-12-25-26(31-21)5-3-15-30-25/h10-13,19-20,22,28,30H,1-9,14-18H2,(H,34,35)/t22-,28?/m1/s1. The summed E-state index contributed by atoms with van der Waals surface area (Å²) < 4.78 is 6.20. The second-order valence-electron chi connectivity index (χ2n) is 11.1. The highest BCUT2D eigenvalue weighted by Gasteiger charge is 2.39. The van der Waals surface area contributed by atoms with Gasteiger partial charge in [-0.05, 0) is 82.4 Å². The Bertz CT molecular complexity index is 1100. The second kappa shape index (κ2) is 10.5. The van der Waals surface area contributed by atoms with Crippen molar-refractivity contribution < 1.29 is 14.6 Å². The van der Waals surface area contributed by atoms with E-state index in [2.05, 4.69) is 34.5 Å². The summed E-state index contributed by atoms with van der Waals surface area (Å²) in [6.45, 7) is 3.18. The topological polar surface area (TPSA) is 87.6 Å². The van der Waals surface area contributed by atoms with Crippen LogP contribution in [0.1, 0.15) is 97.6 Å². The summed E-state index contributed by atoms with van der Waals surface area (Å²) in [6.07, 6.45) is 10.9. The molecule has 2 aliphatic heterocycles. The number of nitrogens with zero attached hydrogens (tertiary/aromatic N) is 3. The Morgan fingerprint density at radius 3 is 2.75 bits per heavy atom. The molecule has 1 saturated heterocycles. The van der Waals surface area contributed by atoms with Gasteiger partial charge in [-0.3, -0.25) is 19.7 Å². The van der Waals surface area contributed by atoms with Gasteiger partial charge < -0.3 is 15.2 Å². The van der Waals surface area contributed by atoms with E-state index in [1.807, 2.05) is 0 Å². The predicted octanol–water partition coefficient (Wildman–Crippen LogP) is 4.83. The first-order chi connectivity index (χ1) is 17.7. The fraction of sp³-hybridized carbons (Fsp3) is 0.621. The van der Waals surface area contributed by atoms with Crippen molar-refractivity contribution in [2.45, 2.75) is 88.2 Å². The molecule has 2 N–H and O–H groups in total. The smallest absolute Gasteiger partial charge is 0.325 e. The van der Waals surface area contributed by atoms with Gasteiger partial charge >= 0.3 is 5.97 Å². The number of aromatic nitrogens is 2. The minimum Gasteiger partial charge on any atom is -0.480 e. The lowest BCUT2D eigenvalue weighted by molar-refractivity contribution is -0.143. The van der Waals surface area contributed by atoms with Gasteiger partial charge in [0, 0.05) is 60.7 Å². The van der Waals surface area contributed by atoms with Crippen LogP contribution in [-0.2, 0) is 22.4 Å². The second-order valence-corrected chi connectivity index (χ2v) is 11.1. The zero-order valence-corrected chi connectivity index (χ0v) is 21.1. The summed E-state index contributed by atoms with van der Waals surface area (Å²) in [4.78, 5) is 24.3. The van der Waals surface area contributed by atoms with E-state index >= 15 is 0 Å². The third kappa shape index (κ3) is 5.42. The molecule has 6 rings (SSSR count). The zero-order chi connectivity index (χ0) is 24.5. The number of anilines is 1. The highest BCUT2D eigenvalue weighted by atomic mass is 16.5. The first-order valence-electron chi connectivity index (χ1n) is 14.0. The third-order valence-corrected chi connectivity index (χ3v) is 8.13. The summed E-state index contributed by atoms with van der Waals surface area (Å²) in [6, 6.07) is 7.82. The van der Waals surface area contributed by atoms with Crippen LogP contribution in [0.4, 0.5) is 5.69 Å². The largest absolute Gasteiger partial charge is 0.480 e. The van der Waals surface area contributed by atoms with Gasteiger partial charge in [0.25, 0.3) is 0 Å². The summed E-state index contributed by atoms with van der Waals surface area (Å²) >= 11 is 0. The van der Waals surface area contributed by atoms with Gasteiger partial charge in [-0.25, -0.2) is 0 Å². The van der Waals surface area contributed by atoms with Crippen LogP contribution in [0.2, 0.25) is 0 Å². The molecule has 2 aliphatic carbocycles. The molecule has 7 nitrogen and oxygen atoms in total. The van der Waals surface area contributed by atoms with E-state index in [-0.39, 0.29) is 6.10 Å². The van der Waals surface area contributed by atoms with E-state index in [1.54, 1.807) is 0 Å². The van der Waals surface area contributed by atoms with Crippen molar-refractivity contribution in [2.24, 2.45) is 0 Å². The highest BCUT2D eigenvalue weighted by Crippen LogP contribution is 2.46. The zero-order valence-electron chi connectivity index (χ0n) is 21.1. The molecule has 0 radical (unpaired) electrons. The molecule has 2 aromatic rings. The Morgan fingerprint density at radius 2 is 1.94 bits per heavy atom. The molecule has 2 atom stereocenters. The Labute approximate surface area is 213 Å². The number of carboxylic acid groups (broad SMARTS) is 1. The van der Waals surface area contributed by atoms with Crippen LogP contribution < -0.4 is 5.32 Å². The number of pyridine rings is 2. The van der Waals surface area contributed by atoms with Crippen LogP contribution in [0.5, 0.6) is 0 Å². The number of hydrogen-bond acceptors (Lipinski definition) is 6. The Balaban J connectivity index is 1.00. The number of rotatable bonds is 11. The number of aryl methyl sites for hydroxylation is 2. The summed E-state index contributed by atoms with van der Waals surface area (Å²) in [5.41, 5.74) is 6.68. The first-order valence-corrected chi connectivity index (χ1v) is 14.0. The summed E-state index contributed by atoms with van der Waals surface area (Å²) in [5.74, 6) is 0.256. The highest BCUT2D eigenvalue weighted by molar-refractivity contribution is 5.76.